The maximum atomic E-state index is 5.99. The second kappa shape index (κ2) is 5.99. The largest absolute Gasteiger partial charge is 0.398 e. The lowest BCUT2D eigenvalue weighted by Crippen LogP contribution is -2.15. The lowest BCUT2D eigenvalue weighted by Gasteiger charge is -2.12. The minimum atomic E-state index is 0.299. The van der Waals surface area contributed by atoms with Gasteiger partial charge in [0, 0.05) is 29.9 Å². The Morgan fingerprint density at radius 1 is 1.47 bits per heavy atom. The highest BCUT2D eigenvalue weighted by Crippen LogP contribution is 2.27. The maximum Gasteiger partial charge on any atom is 0.184 e. The summed E-state index contributed by atoms with van der Waals surface area (Å²) >= 11 is 5.99. The van der Waals surface area contributed by atoms with E-state index in [4.69, 9.17) is 22.1 Å². The number of nitrogens with zero attached hydrogens (tertiary/aromatic N) is 4. The number of ether oxygens (including phenoxy) is 1. The summed E-state index contributed by atoms with van der Waals surface area (Å²) in [5.74, 6) is 0.913. The fraction of sp³-hybridized carbons (Fsp3) is 0.417. The quantitative estimate of drug-likeness (QED) is 0.846. The third-order valence-corrected chi connectivity index (χ3v) is 2.96. The number of tetrazole rings is 1. The first-order valence-electron chi connectivity index (χ1n) is 5.92. The Labute approximate surface area is 116 Å². The number of hydrogen-bond donors (Lipinski definition) is 1. The zero-order chi connectivity index (χ0) is 13.8. The van der Waals surface area contributed by atoms with Crippen molar-refractivity contribution in [2.24, 2.45) is 5.92 Å². The van der Waals surface area contributed by atoms with Crippen molar-refractivity contribution in [3.05, 3.63) is 23.2 Å². The Bertz CT molecular complexity index is 557. The number of anilines is 1. The van der Waals surface area contributed by atoms with Crippen LogP contribution in [0.15, 0.2) is 18.2 Å². The van der Waals surface area contributed by atoms with Crippen LogP contribution in [-0.4, -0.2) is 33.9 Å². The van der Waals surface area contributed by atoms with Crippen LogP contribution in [0.1, 0.15) is 6.92 Å². The molecule has 0 aliphatic heterocycles. The average molecular weight is 282 g/mol. The van der Waals surface area contributed by atoms with Crippen molar-refractivity contribution >= 4 is 17.3 Å². The Kier molecular flexibility index (Phi) is 4.34. The van der Waals surface area contributed by atoms with E-state index in [1.807, 2.05) is 0 Å². The van der Waals surface area contributed by atoms with Crippen molar-refractivity contribution in [1.29, 1.82) is 0 Å². The van der Waals surface area contributed by atoms with Gasteiger partial charge in [-0.15, -0.1) is 5.10 Å². The first-order chi connectivity index (χ1) is 9.11. The summed E-state index contributed by atoms with van der Waals surface area (Å²) in [6.45, 7) is 3.36. The van der Waals surface area contributed by atoms with Gasteiger partial charge in [0.15, 0.2) is 5.82 Å². The van der Waals surface area contributed by atoms with E-state index in [2.05, 4.69) is 22.4 Å². The van der Waals surface area contributed by atoms with Crippen LogP contribution in [-0.2, 0) is 11.3 Å². The second-order valence-electron chi connectivity index (χ2n) is 4.48. The lowest BCUT2D eigenvalue weighted by atomic mass is 10.1. The minimum absolute atomic E-state index is 0.299. The molecule has 0 radical (unpaired) electrons. The van der Waals surface area contributed by atoms with Crippen LogP contribution in [0.2, 0.25) is 5.02 Å². The molecule has 1 atom stereocenters. The van der Waals surface area contributed by atoms with Crippen molar-refractivity contribution in [3.8, 4) is 11.4 Å². The van der Waals surface area contributed by atoms with Crippen LogP contribution >= 0.6 is 11.6 Å². The molecule has 0 aliphatic carbocycles. The summed E-state index contributed by atoms with van der Waals surface area (Å²) in [7, 11) is 1.67. The molecule has 2 N–H and O–H groups in total. The fourth-order valence-electron chi connectivity index (χ4n) is 1.88. The normalized spacial score (nSPS) is 12.6. The van der Waals surface area contributed by atoms with Crippen LogP contribution in [0.25, 0.3) is 11.4 Å². The molecule has 2 aromatic rings. The summed E-state index contributed by atoms with van der Waals surface area (Å²) < 4.78 is 6.83. The first kappa shape index (κ1) is 13.8. The molecule has 102 valence electrons. The monoisotopic (exact) mass is 281 g/mol. The Balaban J connectivity index is 2.31. The molecular formula is C12H16ClN5O. The van der Waals surface area contributed by atoms with Crippen molar-refractivity contribution in [3.63, 3.8) is 0 Å². The average Bonchev–Trinajstić information content (AvgIpc) is 2.80. The summed E-state index contributed by atoms with van der Waals surface area (Å²) in [6, 6.07) is 5.25. The standard InChI is InChI=1S/C12H16ClN5O/c1-8(7-19-2)6-18-12(15-16-17-18)10-5-9(13)3-4-11(10)14/h3-5,8H,6-7,14H2,1-2H3. The van der Waals surface area contributed by atoms with E-state index < -0.39 is 0 Å². The smallest absolute Gasteiger partial charge is 0.184 e. The van der Waals surface area contributed by atoms with E-state index in [-0.39, 0.29) is 0 Å². The maximum absolute atomic E-state index is 5.99. The molecule has 19 heavy (non-hydrogen) atoms. The zero-order valence-electron chi connectivity index (χ0n) is 10.9. The molecule has 1 heterocycles. The Hall–Kier alpha value is -1.66. The molecule has 6 nitrogen and oxygen atoms in total. The predicted molar refractivity (Wildman–Crippen MR) is 73.7 cm³/mol. The number of rotatable bonds is 5. The lowest BCUT2D eigenvalue weighted by molar-refractivity contribution is 0.149. The molecule has 0 saturated heterocycles. The van der Waals surface area contributed by atoms with Gasteiger partial charge >= 0.3 is 0 Å². The molecule has 0 spiro atoms. The number of methoxy groups -OCH3 is 1. The molecule has 0 bridgehead atoms. The highest BCUT2D eigenvalue weighted by molar-refractivity contribution is 6.31. The zero-order valence-corrected chi connectivity index (χ0v) is 11.6. The van der Waals surface area contributed by atoms with E-state index in [0.717, 1.165) is 5.56 Å². The first-order valence-corrected chi connectivity index (χ1v) is 6.30. The summed E-state index contributed by atoms with van der Waals surface area (Å²) in [5.41, 5.74) is 7.28. The summed E-state index contributed by atoms with van der Waals surface area (Å²) in [6.07, 6.45) is 0. The highest BCUT2D eigenvalue weighted by atomic mass is 35.5. The molecule has 1 aromatic heterocycles. The molecule has 2 rings (SSSR count). The van der Waals surface area contributed by atoms with Crippen LogP contribution < -0.4 is 5.73 Å². The summed E-state index contributed by atoms with van der Waals surface area (Å²) in [4.78, 5) is 0. The van der Waals surface area contributed by atoms with E-state index in [1.54, 1.807) is 30.0 Å². The number of halogens is 1. The van der Waals surface area contributed by atoms with E-state index >= 15 is 0 Å². The minimum Gasteiger partial charge on any atom is -0.398 e. The number of hydrogen-bond acceptors (Lipinski definition) is 5. The SMILES string of the molecule is COCC(C)Cn1nnnc1-c1cc(Cl)ccc1N. The fourth-order valence-corrected chi connectivity index (χ4v) is 2.05. The molecule has 1 unspecified atom stereocenters. The number of nitrogen functional groups attached to an aromatic ring is 1. The second-order valence-corrected chi connectivity index (χ2v) is 4.91. The number of nitrogens with two attached hydrogens (primary N) is 1. The molecule has 0 saturated carbocycles. The van der Waals surface area contributed by atoms with Gasteiger partial charge in [-0.25, -0.2) is 4.68 Å². The third-order valence-electron chi connectivity index (χ3n) is 2.72. The predicted octanol–water partition coefficient (Wildman–Crippen LogP) is 1.86. The molecular weight excluding hydrogens is 266 g/mol. The van der Waals surface area contributed by atoms with Gasteiger partial charge in [0.1, 0.15) is 0 Å². The van der Waals surface area contributed by atoms with Gasteiger partial charge < -0.3 is 10.5 Å². The van der Waals surface area contributed by atoms with Crippen molar-refractivity contribution in [2.75, 3.05) is 19.5 Å². The highest BCUT2D eigenvalue weighted by Gasteiger charge is 2.14. The van der Waals surface area contributed by atoms with E-state index in [0.29, 0.717) is 35.6 Å². The van der Waals surface area contributed by atoms with Crippen molar-refractivity contribution < 1.29 is 4.74 Å². The molecule has 1 aromatic carbocycles. The molecule has 7 heteroatoms. The van der Waals surface area contributed by atoms with Crippen LogP contribution in [0, 0.1) is 5.92 Å². The van der Waals surface area contributed by atoms with Gasteiger partial charge in [0.05, 0.1) is 6.61 Å². The van der Waals surface area contributed by atoms with Gasteiger partial charge in [0.2, 0.25) is 0 Å². The van der Waals surface area contributed by atoms with Crippen LogP contribution in [0.4, 0.5) is 5.69 Å². The number of aromatic nitrogens is 4. The topological polar surface area (TPSA) is 78.8 Å². The molecule has 0 fully saturated rings. The van der Waals surface area contributed by atoms with Gasteiger partial charge in [-0.3, -0.25) is 0 Å². The number of benzene rings is 1. The van der Waals surface area contributed by atoms with E-state index in [1.165, 1.54) is 0 Å². The van der Waals surface area contributed by atoms with Gasteiger partial charge in [-0.2, -0.15) is 0 Å². The Morgan fingerprint density at radius 3 is 3.00 bits per heavy atom. The molecule has 0 amide bonds. The van der Waals surface area contributed by atoms with Gasteiger partial charge in [0.25, 0.3) is 0 Å². The Morgan fingerprint density at radius 2 is 2.26 bits per heavy atom. The van der Waals surface area contributed by atoms with Gasteiger partial charge in [-0.1, -0.05) is 18.5 Å². The van der Waals surface area contributed by atoms with Gasteiger partial charge in [-0.05, 0) is 34.5 Å². The van der Waals surface area contributed by atoms with Crippen molar-refractivity contribution in [2.45, 2.75) is 13.5 Å². The van der Waals surface area contributed by atoms with Crippen LogP contribution in [0.3, 0.4) is 0 Å². The van der Waals surface area contributed by atoms with Crippen LogP contribution in [0.5, 0.6) is 0 Å². The summed E-state index contributed by atoms with van der Waals surface area (Å²) in [5, 5.41) is 12.3. The van der Waals surface area contributed by atoms with E-state index in [9.17, 15) is 0 Å². The molecule has 0 aliphatic rings. The van der Waals surface area contributed by atoms with Crippen molar-refractivity contribution in [1.82, 2.24) is 20.2 Å². The third kappa shape index (κ3) is 3.21.